The van der Waals surface area contributed by atoms with Crippen LogP contribution in [-0.2, 0) is 29.3 Å². The fourth-order valence-electron chi connectivity index (χ4n) is 0. The van der Waals surface area contributed by atoms with Crippen molar-refractivity contribution in [1.29, 1.82) is 0 Å². The van der Waals surface area contributed by atoms with E-state index in [-0.39, 0.29) is 0 Å². The summed E-state index contributed by atoms with van der Waals surface area (Å²) in [6.07, 6.45) is 0. The fourth-order valence-corrected chi connectivity index (χ4v) is 0. The first kappa shape index (κ1) is 11.5. The first-order chi connectivity index (χ1) is 3.41. The maximum atomic E-state index is 8.55. The minimum Gasteiger partial charge on any atom is -0.822 e. The zero-order chi connectivity index (χ0) is 7.21. The molecule has 0 aliphatic carbocycles. The number of rotatable bonds is 0. The molecule has 0 fully saturated rings. The van der Waals surface area contributed by atoms with E-state index in [1.165, 1.54) is 24.7 Å². The Kier molecular flexibility index (Phi) is 8.44. The van der Waals surface area contributed by atoms with Gasteiger partial charge in [-0.1, -0.05) is 0 Å². The molecule has 0 N–H and O–H groups in total. The monoisotopic (exact) mass is 212 g/mol. The Hall–Kier alpha value is 0.733. The van der Waals surface area contributed by atoms with Gasteiger partial charge in [-0.25, -0.2) is 0 Å². The second kappa shape index (κ2) is 5.86. The summed E-state index contributed by atoms with van der Waals surface area (Å²) in [7, 11) is -5.39. The Morgan fingerprint density at radius 1 is 1.50 bits per heavy atom. The van der Waals surface area contributed by atoms with E-state index in [9.17, 15) is 0 Å². The molecule has 4 nitrogen and oxygen atoms in total. The average Bonchev–Trinajstić information content (AvgIpc) is 1.27. The van der Waals surface area contributed by atoms with Crippen LogP contribution < -0.4 is 14.7 Å². The summed E-state index contributed by atoms with van der Waals surface area (Å²) in [6.45, 7) is 3.40. The van der Waals surface area contributed by atoms with Crippen molar-refractivity contribution >= 4 is 7.82 Å². The maximum absolute atomic E-state index is 8.55. The van der Waals surface area contributed by atoms with Crippen molar-refractivity contribution in [2.45, 2.75) is 0 Å². The van der Waals surface area contributed by atoms with Gasteiger partial charge < -0.3 is 19.2 Å². The predicted octanol–water partition coefficient (Wildman–Crippen LogP) is -2.15. The van der Waals surface area contributed by atoms with Gasteiger partial charge >= 0.3 is 35.1 Å². The van der Waals surface area contributed by atoms with Gasteiger partial charge in [0.05, 0.1) is 0 Å². The number of phosphoric acid groups is 1. The summed E-state index contributed by atoms with van der Waals surface area (Å²) < 4.78 is 10.4. The van der Waals surface area contributed by atoms with Crippen molar-refractivity contribution in [2.24, 2.45) is 0 Å². The normalized spacial score (nSPS) is 9.12. The number of hydrogen-bond acceptors (Lipinski definition) is 4. The summed E-state index contributed by atoms with van der Waals surface area (Å²) in [6, 6.07) is 0. The molecule has 0 unspecified atom stereocenters. The van der Waals surface area contributed by atoms with Crippen LogP contribution in [0.15, 0.2) is 10.4 Å². The fraction of sp³-hybridized carbons (Fsp3) is 0. The topological polar surface area (TPSA) is 86.2 Å². The Morgan fingerprint density at radius 3 is 1.50 bits per heavy atom. The van der Waals surface area contributed by atoms with Gasteiger partial charge in [0, 0.05) is 0 Å². The van der Waals surface area contributed by atoms with Crippen LogP contribution >= 0.6 is 7.82 Å². The standard InChI is InChI=1S/C2H3.H3O4P.Zr/c1-2;1-5(2,3)4;/h1H,2H2;(H3,1,2,3,4);/q;;+3/p-3. The Morgan fingerprint density at radius 2 is 1.50 bits per heavy atom. The molecule has 0 bridgehead atoms. The molecule has 0 atom stereocenters. The van der Waals surface area contributed by atoms with Crippen LogP contribution in [0.4, 0.5) is 0 Å². The van der Waals surface area contributed by atoms with Crippen LogP contribution in [-0.4, -0.2) is 0 Å². The van der Waals surface area contributed by atoms with E-state index in [0.717, 1.165) is 0 Å². The Balaban J connectivity index is 0. The van der Waals surface area contributed by atoms with Crippen molar-refractivity contribution in [3.63, 3.8) is 0 Å². The molecule has 0 aliphatic heterocycles. The van der Waals surface area contributed by atoms with Gasteiger partial charge in [-0.3, -0.25) is 0 Å². The zero-order valence-electron chi connectivity index (χ0n) is 3.86. The summed E-state index contributed by atoms with van der Waals surface area (Å²) in [5.74, 6) is 0. The second-order valence-corrected chi connectivity index (χ2v) is 2.55. The smallest absolute Gasteiger partial charge is 0.159 e. The number of hydrogen-bond donors (Lipinski definition) is 0. The molecule has 0 aromatic heterocycles. The summed E-state index contributed by atoms with van der Waals surface area (Å²) in [5, 5.41) is 0. The van der Waals surface area contributed by atoms with Crippen molar-refractivity contribution < 1.29 is 44.0 Å². The van der Waals surface area contributed by atoms with Crippen molar-refractivity contribution in [3.8, 4) is 0 Å². The molecule has 0 aromatic rings. The largest absolute Gasteiger partial charge is 0.822 e. The van der Waals surface area contributed by atoms with E-state index in [2.05, 4.69) is 6.58 Å². The quantitative estimate of drug-likeness (QED) is 0.429. The molecular formula is C2H3O4PZr. The van der Waals surface area contributed by atoms with Crippen LogP contribution in [0.25, 0.3) is 0 Å². The van der Waals surface area contributed by atoms with Crippen LogP contribution in [0.5, 0.6) is 0 Å². The zero-order valence-corrected chi connectivity index (χ0v) is 7.22. The van der Waals surface area contributed by atoms with Crippen molar-refractivity contribution in [1.82, 2.24) is 0 Å². The third kappa shape index (κ3) is 412. The Labute approximate surface area is 62.3 Å². The molecule has 0 saturated carbocycles. The molecule has 0 amide bonds. The third-order valence-electron chi connectivity index (χ3n) is 0. The van der Waals surface area contributed by atoms with E-state index >= 15 is 0 Å². The van der Waals surface area contributed by atoms with E-state index in [4.69, 9.17) is 19.2 Å². The minimum atomic E-state index is -5.39. The van der Waals surface area contributed by atoms with Gasteiger partial charge in [0.15, 0.2) is 0 Å². The van der Waals surface area contributed by atoms with Gasteiger partial charge in [0.1, 0.15) is 0 Å². The van der Waals surface area contributed by atoms with Gasteiger partial charge in [-0.15, -0.1) is 0 Å². The van der Waals surface area contributed by atoms with Crippen LogP contribution in [0.3, 0.4) is 0 Å². The van der Waals surface area contributed by atoms with E-state index in [1.54, 1.807) is 0 Å². The molecule has 0 spiro atoms. The third-order valence-corrected chi connectivity index (χ3v) is 0. The molecule has 44 valence electrons. The predicted molar refractivity (Wildman–Crippen MR) is 17.8 cm³/mol. The summed E-state index contributed by atoms with van der Waals surface area (Å²) >= 11 is 1.40. The van der Waals surface area contributed by atoms with Crippen molar-refractivity contribution in [2.75, 3.05) is 0 Å². The summed E-state index contributed by atoms with van der Waals surface area (Å²) in [4.78, 5) is 25.6. The van der Waals surface area contributed by atoms with E-state index in [0.29, 0.717) is 0 Å². The van der Waals surface area contributed by atoms with Crippen molar-refractivity contribution in [3.05, 3.63) is 10.4 Å². The van der Waals surface area contributed by atoms with Gasteiger partial charge in [-0.2, -0.15) is 7.82 Å². The van der Waals surface area contributed by atoms with Gasteiger partial charge in [0.25, 0.3) is 0 Å². The second-order valence-electron chi connectivity index (χ2n) is 0.651. The first-order valence-electron chi connectivity index (χ1n) is 1.43. The van der Waals surface area contributed by atoms with Crippen LogP contribution in [0, 0.1) is 0 Å². The molecule has 0 aromatic carbocycles. The van der Waals surface area contributed by atoms with Crippen LogP contribution in [0.1, 0.15) is 0 Å². The van der Waals surface area contributed by atoms with E-state index < -0.39 is 7.82 Å². The summed E-state index contributed by atoms with van der Waals surface area (Å²) in [5.41, 5.74) is 0. The molecule has 0 saturated heterocycles. The molecule has 0 rings (SSSR count). The molecular weight excluding hydrogens is 210 g/mol. The van der Waals surface area contributed by atoms with E-state index in [1.807, 2.05) is 3.78 Å². The minimum absolute atomic E-state index is 1.40. The first-order valence-corrected chi connectivity index (χ1v) is 4.31. The van der Waals surface area contributed by atoms with Gasteiger partial charge in [0.2, 0.25) is 0 Å². The molecule has 6 heteroatoms. The SMILES string of the molecule is C=[CH][Zr+3].O=P([O-])([O-])[O-]. The molecule has 0 aliphatic rings. The average molecular weight is 213 g/mol. The van der Waals surface area contributed by atoms with Gasteiger partial charge in [-0.05, 0) is 0 Å². The molecule has 8 heavy (non-hydrogen) atoms. The Bertz CT molecular complexity index is 87.9. The van der Waals surface area contributed by atoms with Crippen LogP contribution in [0.2, 0.25) is 0 Å². The molecule has 0 heterocycles. The maximum Gasteiger partial charge on any atom is -0.159 e. The molecule has 0 radical (unpaired) electrons.